The molecule has 1 aromatic rings. The summed E-state index contributed by atoms with van der Waals surface area (Å²) >= 11 is 0. The summed E-state index contributed by atoms with van der Waals surface area (Å²) in [7, 11) is -3.31. The van der Waals surface area contributed by atoms with Crippen molar-refractivity contribution in [3.05, 3.63) is 35.6 Å². The third-order valence-corrected chi connectivity index (χ3v) is 6.67. The van der Waals surface area contributed by atoms with Gasteiger partial charge in [0.1, 0.15) is 5.82 Å². The number of hydrogen-bond acceptors (Lipinski definition) is 3. The number of rotatable bonds is 4. The summed E-state index contributed by atoms with van der Waals surface area (Å²) in [5.41, 5.74) is 0.640. The number of halogens is 2. The van der Waals surface area contributed by atoms with E-state index in [0.29, 0.717) is 30.6 Å². The Morgan fingerprint density at radius 1 is 1.13 bits per heavy atom. The predicted molar refractivity (Wildman–Crippen MR) is 91.6 cm³/mol. The number of sulfonamides is 1. The lowest BCUT2D eigenvalue weighted by molar-refractivity contribution is 0.234. The Kier molecular flexibility index (Phi) is 6.42. The molecule has 2 fully saturated rings. The first-order valence-corrected chi connectivity index (χ1v) is 9.61. The van der Waals surface area contributed by atoms with Gasteiger partial charge in [-0.1, -0.05) is 12.1 Å². The standard InChI is InChI=1S/C16H23FN2O2S.ClH/c17-15-5-3-13(4-6-15)12-22(20,21)19-10-7-14(8-11-19)16-2-1-9-18-16;/h3-6,14,16,18H,1-2,7-12H2;1H. The van der Waals surface area contributed by atoms with Crippen molar-refractivity contribution in [3.8, 4) is 0 Å². The molecule has 23 heavy (non-hydrogen) atoms. The summed E-state index contributed by atoms with van der Waals surface area (Å²) in [6.45, 7) is 2.30. The van der Waals surface area contributed by atoms with E-state index in [-0.39, 0.29) is 24.0 Å². The van der Waals surface area contributed by atoms with Gasteiger partial charge in [0, 0.05) is 19.1 Å². The van der Waals surface area contributed by atoms with Crippen LogP contribution in [0.1, 0.15) is 31.2 Å². The van der Waals surface area contributed by atoms with Gasteiger partial charge in [-0.05, 0) is 55.8 Å². The first kappa shape index (κ1) is 18.6. The molecule has 2 aliphatic heterocycles. The van der Waals surface area contributed by atoms with E-state index in [1.165, 1.54) is 25.0 Å². The molecule has 1 aromatic carbocycles. The summed E-state index contributed by atoms with van der Waals surface area (Å²) in [5, 5.41) is 3.52. The Morgan fingerprint density at radius 3 is 2.35 bits per heavy atom. The molecule has 130 valence electrons. The SMILES string of the molecule is Cl.O=S(=O)(Cc1ccc(F)cc1)N1CCC(C2CCCN2)CC1. The zero-order valence-electron chi connectivity index (χ0n) is 13.1. The molecule has 0 aromatic heterocycles. The molecular weight excluding hydrogens is 339 g/mol. The molecule has 0 saturated carbocycles. The normalized spacial score (nSPS) is 23.6. The van der Waals surface area contributed by atoms with Crippen LogP contribution in [-0.4, -0.2) is 38.4 Å². The van der Waals surface area contributed by atoms with Gasteiger partial charge in [-0.15, -0.1) is 12.4 Å². The van der Waals surface area contributed by atoms with Gasteiger partial charge in [-0.25, -0.2) is 17.1 Å². The highest BCUT2D eigenvalue weighted by molar-refractivity contribution is 7.88. The van der Waals surface area contributed by atoms with Gasteiger partial charge in [-0.2, -0.15) is 0 Å². The largest absolute Gasteiger partial charge is 0.314 e. The molecule has 1 atom stereocenters. The number of nitrogens with one attached hydrogen (secondary N) is 1. The van der Waals surface area contributed by atoms with Crippen LogP contribution in [0.25, 0.3) is 0 Å². The van der Waals surface area contributed by atoms with Gasteiger partial charge >= 0.3 is 0 Å². The van der Waals surface area contributed by atoms with Crippen LogP contribution in [0.4, 0.5) is 4.39 Å². The monoisotopic (exact) mass is 362 g/mol. The van der Waals surface area contributed by atoms with Crippen molar-refractivity contribution in [2.24, 2.45) is 5.92 Å². The van der Waals surface area contributed by atoms with Crippen molar-refractivity contribution in [2.75, 3.05) is 19.6 Å². The smallest absolute Gasteiger partial charge is 0.218 e. The fourth-order valence-corrected chi connectivity index (χ4v) is 5.12. The van der Waals surface area contributed by atoms with E-state index in [2.05, 4.69) is 5.32 Å². The number of benzene rings is 1. The summed E-state index contributed by atoms with van der Waals surface area (Å²) in [6, 6.07) is 6.28. The Hall–Kier alpha value is -0.690. The van der Waals surface area contributed by atoms with Crippen LogP contribution >= 0.6 is 12.4 Å². The fourth-order valence-electron chi connectivity index (χ4n) is 3.55. The topological polar surface area (TPSA) is 49.4 Å². The second-order valence-corrected chi connectivity index (χ2v) is 8.29. The molecule has 0 aliphatic carbocycles. The average molecular weight is 363 g/mol. The fraction of sp³-hybridized carbons (Fsp3) is 0.625. The zero-order chi connectivity index (χ0) is 15.6. The van der Waals surface area contributed by atoms with E-state index in [0.717, 1.165) is 19.4 Å². The molecule has 3 rings (SSSR count). The minimum atomic E-state index is -3.31. The molecule has 0 spiro atoms. The molecule has 7 heteroatoms. The van der Waals surface area contributed by atoms with E-state index >= 15 is 0 Å². The van der Waals surface area contributed by atoms with Crippen LogP contribution < -0.4 is 5.32 Å². The van der Waals surface area contributed by atoms with Gasteiger partial charge in [0.15, 0.2) is 0 Å². The molecular formula is C16H24ClFN2O2S. The summed E-state index contributed by atoms with van der Waals surface area (Å²) < 4.78 is 39.5. The molecule has 2 heterocycles. The molecule has 1 N–H and O–H groups in total. The highest BCUT2D eigenvalue weighted by Gasteiger charge is 2.32. The van der Waals surface area contributed by atoms with Crippen LogP contribution in [0.2, 0.25) is 0 Å². The summed E-state index contributed by atoms with van der Waals surface area (Å²) in [4.78, 5) is 0. The third-order valence-electron chi connectivity index (χ3n) is 4.82. The minimum absolute atomic E-state index is 0. The highest BCUT2D eigenvalue weighted by Crippen LogP contribution is 2.27. The van der Waals surface area contributed by atoms with Crippen LogP contribution in [-0.2, 0) is 15.8 Å². The Bertz CT molecular complexity index is 595. The zero-order valence-corrected chi connectivity index (χ0v) is 14.7. The number of nitrogens with zero attached hydrogens (tertiary/aromatic N) is 1. The van der Waals surface area contributed by atoms with Gasteiger partial charge in [0.25, 0.3) is 0 Å². The maximum atomic E-state index is 12.9. The Balaban J connectivity index is 0.00000192. The summed E-state index contributed by atoms with van der Waals surface area (Å²) in [5.74, 6) is 0.213. The quantitative estimate of drug-likeness (QED) is 0.895. The minimum Gasteiger partial charge on any atom is -0.314 e. The van der Waals surface area contributed by atoms with E-state index in [1.807, 2.05) is 0 Å². The number of hydrogen-bond donors (Lipinski definition) is 1. The lowest BCUT2D eigenvalue weighted by Gasteiger charge is -2.34. The predicted octanol–water partition coefficient (Wildman–Crippen LogP) is 2.54. The van der Waals surface area contributed by atoms with Crippen molar-refractivity contribution >= 4 is 22.4 Å². The van der Waals surface area contributed by atoms with E-state index in [9.17, 15) is 12.8 Å². The van der Waals surface area contributed by atoms with Gasteiger partial charge in [-0.3, -0.25) is 0 Å². The highest BCUT2D eigenvalue weighted by atomic mass is 35.5. The number of piperidine rings is 1. The van der Waals surface area contributed by atoms with Crippen molar-refractivity contribution in [1.82, 2.24) is 9.62 Å². The second-order valence-electron chi connectivity index (χ2n) is 6.32. The van der Waals surface area contributed by atoms with Crippen molar-refractivity contribution in [2.45, 2.75) is 37.5 Å². The Morgan fingerprint density at radius 2 is 1.78 bits per heavy atom. The molecule has 0 bridgehead atoms. The maximum absolute atomic E-state index is 12.9. The van der Waals surface area contributed by atoms with Gasteiger partial charge < -0.3 is 5.32 Å². The Labute approximate surface area is 143 Å². The average Bonchev–Trinajstić information content (AvgIpc) is 3.04. The van der Waals surface area contributed by atoms with Crippen LogP contribution in [0.3, 0.4) is 0 Å². The third kappa shape index (κ3) is 4.66. The lowest BCUT2D eigenvalue weighted by Crippen LogP contribution is -2.43. The van der Waals surface area contributed by atoms with E-state index in [1.54, 1.807) is 16.4 Å². The summed E-state index contributed by atoms with van der Waals surface area (Å²) in [6.07, 6.45) is 4.31. The maximum Gasteiger partial charge on any atom is 0.218 e. The van der Waals surface area contributed by atoms with Crippen LogP contribution in [0.5, 0.6) is 0 Å². The van der Waals surface area contributed by atoms with E-state index < -0.39 is 10.0 Å². The van der Waals surface area contributed by atoms with E-state index in [4.69, 9.17) is 0 Å². The molecule has 2 aliphatic rings. The van der Waals surface area contributed by atoms with Crippen LogP contribution in [0, 0.1) is 11.7 Å². The molecule has 4 nitrogen and oxygen atoms in total. The van der Waals surface area contributed by atoms with Gasteiger partial charge in [0.05, 0.1) is 5.75 Å². The van der Waals surface area contributed by atoms with Crippen LogP contribution in [0.15, 0.2) is 24.3 Å². The molecule has 1 unspecified atom stereocenters. The van der Waals surface area contributed by atoms with Crippen molar-refractivity contribution in [1.29, 1.82) is 0 Å². The molecule has 0 amide bonds. The lowest BCUT2D eigenvalue weighted by atomic mass is 9.89. The van der Waals surface area contributed by atoms with Crippen molar-refractivity contribution in [3.63, 3.8) is 0 Å². The first-order valence-electron chi connectivity index (χ1n) is 8.00. The second kappa shape index (κ2) is 7.92. The molecule has 0 radical (unpaired) electrons. The molecule has 2 saturated heterocycles. The first-order chi connectivity index (χ1) is 10.5. The van der Waals surface area contributed by atoms with Gasteiger partial charge in [0.2, 0.25) is 10.0 Å². The van der Waals surface area contributed by atoms with Crippen molar-refractivity contribution < 1.29 is 12.8 Å².